The standard InChI is InChI=1S/C15H9Cl2N3/c16-8-15-19-12-3-1-2-4-14(12)20(15)13-6-5-10(9-18)7-11(13)17/h1-7H,8H2. The minimum atomic E-state index is 0.283. The van der Waals surface area contributed by atoms with Gasteiger partial charge in [0.25, 0.3) is 0 Å². The van der Waals surface area contributed by atoms with Gasteiger partial charge in [0.15, 0.2) is 0 Å². The molecule has 0 amide bonds. The van der Waals surface area contributed by atoms with Crippen LogP contribution in [0.25, 0.3) is 16.7 Å². The van der Waals surface area contributed by atoms with E-state index in [1.807, 2.05) is 34.9 Å². The van der Waals surface area contributed by atoms with Gasteiger partial charge in [-0.1, -0.05) is 23.7 Å². The average molecular weight is 302 g/mol. The van der Waals surface area contributed by atoms with Crippen LogP contribution in [0.1, 0.15) is 11.4 Å². The van der Waals surface area contributed by atoms with Crippen molar-refractivity contribution >= 4 is 34.2 Å². The van der Waals surface area contributed by atoms with Crippen LogP contribution in [0.15, 0.2) is 42.5 Å². The van der Waals surface area contributed by atoms with Crippen molar-refractivity contribution in [3.8, 4) is 11.8 Å². The zero-order valence-electron chi connectivity index (χ0n) is 10.3. The molecule has 0 spiro atoms. The lowest BCUT2D eigenvalue weighted by Gasteiger charge is -2.10. The molecule has 0 atom stereocenters. The maximum atomic E-state index is 8.91. The van der Waals surface area contributed by atoms with Gasteiger partial charge >= 0.3 is 0 Å². The minimum absolute atomic E-state index is 0.283. The molecule has 0 aliphatic rings. The fourth-order valence-electron chi connectivity index (χ4n) is 2.19. The van der Waals surface area contributed by atoms with Gasteiger partial charge in [-0.15, -0.1) is 11.6 Å². The molecule has 0 N–H and O–H groups in total. The van der Waals surface area contributed by atoms with Gasteiger partial charge in [-0.3, -0.25) is 4.57 Å². The van der Waals surface area contributed by atoms with Crippen LogP contribution in [-0.4, -0.2) is 9.55 Å². The second-order valence-corrected chi connectivity index (χ2v) is 4.94. The third-order valence-electron chi connectivity index (χ3n) is 3.07. The van der Waals surface area contributed by atoms with E-state index in [9.17, 15) is 0 Å². The maximum absolute atomic E-state index is 8.91. The van der Waals surface area contributed by atoms with Gasteiger partial charge in [-0.2, -0.15) is 5.26 Å². The van der Waals surface area contributed by atoms with E-state index >= 15 is 0 Å². The number of benzene rings is 2. The van der Waals surface area contributed by atoms with Crippen LogP contribution in [0.3, 0.4) is 0 Å². The summed E-state index contributed by atoms with van der Waals surface area (Å²) in [6, 6.07) is 15.0. The van der Waals surface area contributed by atoms with Gasteiger partial charge in [-0.25, -0.2) is 4.98 Å². The summed E-state index contributed by atoms with van der Waals surface area (Å²) in [5.41, 5.74) is 3.10. The summed E-state index contributed by atoms with van der Waals surface area (Å²) in [7, 11) is 0. The van der Waals surface area contributed by atoms with Gasteiger partial charge in [0.05, 0.1) is 39.3 Å². The summed E-state index contributed by atoms with van der Waals surface area (Å²) < 4.78 is 1.92. The molecule has 0 aliphatic carbocycles. The number of rotatable bonds is 2. The van der Waals surface area contributed by atoms with E-state index in [0.717, 1.165) is 22.5 Å². The van der Waals surface area contributed by atoms with E-state index in [-0.39, 0.29) is 5.88 Å². The highest BCUT2D eigenvalue weighted by Crippen LogP contribution is 2.28. The predicted octanol–water partition coefficient (Wildman–Crippen LogP) is 4.29. The first kappa shape index (κ1) is 13.0. The van der Waals surface area contributed by atoms with Crippen molar-refractivity contribution in [3.05, 3.63) is 58.9 Å². The Kier molecular flexibility index (Phi) is 3.35. The molecule has 3 nitrogen and oxygen atoms in total. The number of nitrogens with zero attached hydrogens (tertiary/aromatic N) is 3. The molecule has 2 aromatic carbocycles. The zero-order valence-corrected chi connectivity index (χ0v) is 11.9. The summed E-state index contributed by atoms with van der Waals surface area (Å²) >= 11 is 12.3. The molecule has 0 saturated heterocycles. The van der Waals surface area contributed by atoms with E-state index in [2.05, 4.69) is 11.1 Å². The molecule has 0 saturated carbocycles. The van der Waals surface area contributed by atoms with Gasteiger partial charge in [0, 0.05) is 0 Å². The van der Waals surface area contributed by atoms with Crippen molar-refractivity contribution in [3.63, 3.8) is 0 Å². The third-order valence-corrected chi connectivity index (χ3v) is 3.61. The number of fused-ring (bicyclic) bond motifs is 1. The minimum Gasteiger partial charge on any atom is -0.294 e. The molecule has 0 unspecified atom stereocenters. The lowest BCUT2D eigenvalue weighted by molar-refractivity contribution is 0.982. The molecule has 98 valence electrons. The van der Waals surface area contributed by atoms with Crippen molar-refractivity contribution in [2.45, 2.75) is 5.88 Å². The normalized spacial score (nSPS) is 10.7. The smallest absolute Gasteiger partial charge is 0.129 e. The summed E-state index contributed by atoms with van der Waals surface area (Å²) in [6.07, 6.45) is 0. The Hall–Kier alpha value is -2.02. The molecule has 1 heterocycles. The van der Waals surface area contributed by atoms with E-state index in [1.54, 1.807) is 12.1 Å². The number of halogens is 2. The molecule has 1 aromatic heterocycles. The second kappa shape index (κ2) is 5.16. The fourth-order valence-corrected chi connectivity index (χ4v) is 2.64. The number of hydrogen-bond donors (Lipinski definition) is 0. The molecule has 0 aliphatic heterocycles. The lowest BCUT2D eigenvalue weighted by Crippen LogP contribution is -2.00. The predicted molar refractivity (Wildman–Crippen MR) is 80.4 cm³/mol. The van der Waals surface area contributed by atoms with Crippen molar-refractivity contribution in [2.75, 3.05) is 0 Å². The Balaban J connectivity index is 2.31. The largest absolute Gasteiger partial charge is 0.294 e. The molecule has 20 heavy (non-hydrogen) atoms. The highest BCUT2D eigenvalue weighted by Gasteiger charge is 2.13. The SMILES string of the molecule is N#Cc1ccc(-n2c(CCl)nc3ccccc32)c(Cl)c1. The van der Waals surface area contributed by atoms with Crippen molar-refractivity contribution in [1.29, 1.82) is 5.26 Å². The van der Waals surface area contributed by atoms with E-state index in [4.69, 9.17) is 28.5 Å². The van der Waals surface area contributed by atoms with Crippen LogP contribution >= 0.6 is 23.2 Å². The van der Waals surface area contributed by atoms with Gasteiger partial charge < -0.3 is 0 Å². The molecule has 0 radical (unpaired) electrons. The number of para-hydroxylation sites is 2. The van der Waals surface area contributed by atoms with Crippen LogP contribution in [0.4, 0.5) is 0 Å². The van der Waals surface area contributed by atoms with E-state index in [0.29, 0.717) is 10.6 Å². The number of nitriles is 1. The molecule has 3 aromatic rings. The lowest BCUT2D eigenvalue weighted by atomic mass is 10.2. The van der Waals surface area contributed by atoms with Gasteiger partial charge in [-0.05, 0) is 30.3 Å². The van der Waals surface area contributed by atoms with Gasteiger partial charge in [0.1, 0.15) is 5.82 Å². The van der Waals surface area contributed by atoms with Crippen LogP contribution in [0.5, 0.6) is 0 Å². The summed E-state index contributed by atoms with van der Waals surface area (Å²) in [6.45, 7) is 0. The van der Waals surface area contributed by atoms with E-state index in [1.165, 1.54) is 0 Å². The maximum Gasteiger partial charge on any atom is 0.129 e. The Morgan fingerprint density at radius 2 is 2.00 bits per heavy atom. The summed E-state index contributed by atoms with van der Waals surface area (Å²) in [5, 5.41) is 9.41. The first-order valence-corrected chi connectivity index (χ1v) is 6.88. The topological polar surface area (TPSA) is 41.6 Å². The van der Waals surface area contributed by atoms with Crippen LogP contribution in [-0.2, 0) is 5.88 Å². The second-order valence-electron chi connectivity index (χ2n) is 4.26. The number of aromatic nitrogens is 2. The van der Waals surface area contributed by atoms with Crippen LogP contribution in [0.2, 0.25) is 5.02 Å². The zero-order chi connectivity index (χ0) is 14.1. The monoisotopic (exact) mass is 301 g/mol. The first-order valence-electron chi connectivity index (χ1n) is 5.97. The van der Waals surface area contributed by atoms with Crippen molar-refractivity contribution in [2.24, 2.45) is 0 Å². The molecular formula is C15H9Cl2N3. The number of hydrogen-bond acceptors (Lipinski definition) is 2. The first-order chi connectivity index (χ1) is 9.74. The van der Waals surface area contributed by atoms with Gasteiger partial charge in [0.2, 0.25) is 0 Å². The molecule has 5 heteroatoms. The molecule has 0 fully saturated rings. The summed E-state index contributed by atoms with van der Waals surface area (Å²) in [4.78, 5) is 4.50. The Bertz CT molecular complexity index is 831. The van der Waals surface area contributed by atoms with Crippen LogP contribution < -0.4 is 0 Å². The van der Waals surface area contributed by atoms with Crippen LogP contribution in [0, 0.1) is 11.3 Å². The Morgan fingerprint density at radius 3 is 2.70 bits per heavy atom. The molecule has 0 bridgehead atoms. The number of imidazole rings is 1. The summed E-state index contributed by atoms with van der Waals surface area (Å²) in [5.74, 6) is 1.00. The molecular weight excluding hydrogens is 293 g/mol. The average Bonchev–Trinajstić information content (AvgIpc) is 2.85. The van der Waals surface area contributed by atoms with E-state index < -0.39 is 0 Å². The highest BCUT2D eigenvalue weighted by atomic mass is 35.5. The Labute approximate surface area is 126 Å². The quantitative estimate of drug-likeness (QED) is 0.663. The third kappa shape index (κ3) is 2.03. The fraction of sp³-hybridized carbons (Fsp3) is 0.0667. The highest BCUT2D eigenvalue weighted by molar-refractivity contribution is 6.32. The van der Waals surface area contributed by atoms with Crippen molar-refractivity contribution < 1.29 is 0 Å². The Morgan fingerprint density at radius 1 is 1.20 bits per heavy atom. The van der Waals surface area contributed by atoms with Crippen molar-refractivity contribution in [1.82, 2.24) is 9.55 Å². The number of alkyl halides is 1. The molecule has 3 rings (SSSR count).